The first kappa shape index (κ1) is 12.0. The van der Waals surface area contributed by atoms with Gasteiger partial charge in [-0.15, -0.1) is 11.3 Å². The van der Waals surface area contributed by atoms with Crippen LogP contribution >= 0.6 is 22.9 Å². The third-order valence-corrected chi connectivity index (χ3v) is 3.52. The van der Waals surface area contributed by atoms with Crippen molar-refractivity contribution in [2.75, 3.05) is 0 Å². The molecule has 0 saturated heterocycles. The number of unbranched alkanes of at least 4 members (excludes halogenated alkanes) is 1. The van der Waals surface area contributed by atoms with E-state index in [-0.39, 0.29) is 0 Å². The molecular weight excluding hydrogens is 214 g/mol. The fraction of sp³-hybridized carbons (Fsp3) is 0.636. The molecule has 0 amide bonds. The lowest BCUT2D eigenvalue weighted by Crippen LogP contribution is -2.24. The summed E-state index contributed by atoms with van der Waals surface area (Å²) in [6.07, 6.45) is 3.84. The summed E-state index contributed by atoms with van der Waals surface area (Å²) in [5.74, 6) is 0. The maximum absolute atomic E-state index is 5.84. The molecule has 1 heterocycles. The Morgan fingerprint density at radius 2 is 2.36 bits per heavy atom. The highest BCUT2D eigenvalue weighted by molar-refractivity contribution is 7.10. The Morgan fingerprint density at radius 1 is 1.57 bits per heavy atom. The van der Waals surface area contributed by atoms with Gasteiger partial charge in [0.05, 0.1) is 5.02 Å². The van der Waals surface area contributed by atoms with E-state index in [2.05, 4.69) is 19.2 Å². The maximum Gasteiger partial charge on any atom is 0.0516 e. The largest absolute Gasteiger partial charge is 0.309 e. The third kappa shape index (κ3) is 4.45. The lowest BCUT2D eigenvalue weighted by atomic mass is 10.1. The molecule has 0 aromatic carbocycles. The van der Waals surface area contributed by atoms with Gasteiger partial charge in [0.1, 0.15) is 0 Å². The SMILES string of the molecule is CCCCC(C)NCc1cc(Cl)cs1. The molecule has 1 N–H and O–H groups in total. The number of nitrogens with one attached hydrogen (secondary N) is 1. The fourth-order valence-electron chi connectivity index (χ4n) is 1.33. The molecule has 0 aliphatic heterocycles. The summed E-state index contributed by atoms with van der Waals surface area (Å²) >= 11 is 7.56. The Balaban J connectivity index is 2.20. The Morgan fingerprint density at radius 3 is 2.93 bits per heavy atom. The second kappa shape index (κ2) is 6.44. The maximum atomic E-state index is 5.84. The van der Waals surface area contributed by atoms with E-state index in [0.717, 1.165) is 11.6 Å². The van der Waals surface area contributed by atoms with Crippen molar-refractivity contribution in [3.05, 3.63) is 21.3 Å². The minimum atomic E-state index is 0.607. The number of hydrogen-bond donors (Lipinski definition) is 1. The molecule has 0 radical (unpaired) electrons. The topological polar surface area (TPSA) is 12.0 Å². The summed E-state index contributed by atoms with van der Waals surface area (Å²) in [6.45, 7) is 5.42. The number of hydrogen-bond acceptors (Lipinski definition) is 2. The quantitative estimate of drug-likeness (QED) is 0.778. The monoisotopic (exact) mass is 231 g/mol. The van der Waals surface area contributed by atoms with Crippen molar-refractivity contribution in [2.45, 2.75) is 45.7 Å². The molecular formula is C11H18ClNS. The van der Waals surface area contributed by atoms with Crippen LogP contribution < -0.4 is 5.32 Å². The van der Waals surface area contributed by atoms with Crippen LogP contribution in [0.5, 0.6) is 0 Å². The molecule has 0 aliphatic rings. The normalized spacial score (nSPS) is 13.1. The Hall–Kier alpha value is -0.0500. The highest BCUT2D eigenvalue weighted by atomic mass is 35.5. The van der Waals surface area contributed by atoms with Crippen LogP contribution in [0.15, 0.2) is 11.4 Å². The molecule has 0 spiro atoms. The van der Waals surface area contributed by atoms with Crippen LogP contribution in [-0.4, -0.2) is 6.04 Å². The summed E-state index contributed by atoms with van der Waals surface area (Å²) in [7, 11) is 0. The third-order valence-electron chi connectivity index (χ3n) is 2.24. The van der Waals surface area contributed by atoms with E-state index in [9.17, 15) is 0 Å². The van der Waals surface area contributed by atoms with Gasteiger partial charge in [0.2, 0.25) is 0 Å². The van der Waals surface area contributed by atoms with Crippen LogP contribution in [0.1, 0.15) is 38.0 Å². The number of halogens is 1. The first-order valence-electron chi connectivity index (χ1n) is 5.18. The molecule has 1 aromatic rings. The van der Waals surface area contributed by atoms with E-state index in [1.165, 1.54) is 24.1 Å². The molecule has 14 heavy (non-hydrogen) atoms. The minimum Gasteiger partial charge on any atom is -0.309 e. The summed E-state index contributed by atoms with van der Waals surface area (Å²) in [5, 5.41) is 6.33. The highest BCUT2D eigenvalue weighted by Gasteiger charge is 2.02. The fourth-order valence-corrected chi connectivity index (χ4v) is 2.36. The van der Waals surface area contributed by atoms with Gasteiger partial charge in [-0.3, -0.25) is 0 Å². The Labute approximate surface area is 95.5 Å². The van der Waals surface area contributed by atoms with Crippen LogP contribution in [0.3, 0.4) is 0 Å². The van der Waals surface area contributed by atoms with Gasteiger partial charge in [-0.2, -0.15) is 0 Å². The predicted molar refractivity (Wildman–Crippen MR) is 65.2 cm³/mol. The smallest absolute Gasteiger partial charge is 0.0516 e. The molecule has 0 fully saturated rings. The van der Waals surface area contributed by atoms with Crippen LogP contribution in [0.4, 0.5) is 0 Å². The van der Waals surface area contributed by atoms with Crippen molar-refractivity contribution in [3.63, 3.8) is 0 Å². The zero-order valence-corrected chi connectivity index (χ0v) is 10.4. The van der Waals surface area contributed by atoms with Gasteiger partial charge >= 0.3 is 0 Å². The van der Waals surface area contributed by atoms with Crippen molar-refractivity contribution in [1.82, 2.24) is 5.32 Å². The van der Waals surface area contributed by atoms with Crippen LogP contribution in [-0.2, 0) is 6.54 Å². The van der Waals surface area contributed by atoms with Crippen molar-refractivity contribution in [2.24, 2.45) is 0 Å². The second-order valence-electron chi connectivity index (χ2n) is 3.66. The molecule has 1 rings (SSSR count). The molecule has 0 saturated carbocycles. The standard InChI is InChI=1S/C11H18ClNS/c1-3-4-5-9(2)13-7-11-6-10(12)8-14-11/h6,8-9,13H,3-5,7H2,1-2H3. The van der Waals surface area contributed by atoms with E-state index >= 15 is 0 Å². The van der Waals surface area contributed by atoms with Crippen molar-refractivity contribution in [3.8, 4) is 0 Å². The first-order valence-corrected chi connectivity index (χ1v) is 6.44. The van der Waals surface area contributed by atoms with E-state index in [0.29, 0.717) is 6.04 Å². The molecule has 1 nitrogen and oxygen atoms in total. The average molecular weight is 232 g/mol. The van der Waals surface area contributed by atoms with Gasteiger partial charge in [0, 0.05) is 22.8 Å². The summed E-state index contributed by atoms with van der Waals surface area (Å²) in [5.41, 5.74) is 0. The summed E-state index contributed by atoms with van der Waals surface area (Å²) in [6, 6.07) is 2.64. The van der Waals surface area contributed by atoms with Crippen molar-refractivity contribution < 1.29 is 0 Å². The van der Waals surface area contributed by atoms with Crippen molar-refractivity contribution in [1.29, 1.82) is 0 Å². The van der Waals surface area contributed by atoms with Gasteiger partial charge in [-0.1, -0.05) is 31.4 Å². The molecule has 1 aromatic heterocycles. The van der Waals surface area contributed by atoms with Gasteiger partial charge < -0.3 is 5.32 Å². The molecule has 1 atom stereocenters. The highest BCUT2D eigenvalue weighted by Crippen LogP contribution is 2.18. The van der Waals surface area contributed by atoms with Crippen molar-refractivity contribution >= 4 is 22.9 Å². The van der Waals surface area contributed by atoms with Gasteiger partial charge in [-0.05, 0) is 19.4 Å². The van der Waals surface area contributed by atoms with E-state index < -0.39 is 0 Å². The average Bonchev–Trinajstić information content (AvgIpc) is 2.58. The number of thiophene rings is 1. The molecule has 1 unspecified atom stereocenters. The zero-order chi connectivity index (χ0) is 10.4. The zero-order valence-electron chi connectivity index (χ0n) is 8.85. The van der Waals surface area contributed by atoms with Gasteiger partial charge in [0.25, 0.3) is 0 Å². The summed E-state index contributed by atoms with van der Waals surface area (Å²) < 4.78 is 0. The lowest BCUT2D eigenvalue weighted by Gasteiger charge is -2.11. The van der Waals surface area contributed by atoms with Crippen LogP contribution in [0.25, 0.3) is 0 Å². The minimum absolute atomic E-state index is 0.607. The molecule has 0 aliphatic carbocycles. The summed E-state index contributed by atoms with van der Waals surface area (Å²) in [4.78, 5) is 1.32. The Bertz CT molecular complexity index is 260. The molecule has 0 bridgehead atoms. The van der Waals surface area contributed by atoms with E-state index in [1.807, 2.05) is 11.4 Å². The van der Waals surface area contributed by atoms with E-state index in [4.69, 9.17) is 11.6 Å². The number of rotatable bonds is 6. The lowest BCUT2D eigenvalue weighted by molar-refractivity contribution is 0.497. The van der Waals surface area contributed by atoms with Gasteiger partial charge in [0.15, 0.2) is 0 Å². The van der Waals surface area contributed by atoms with E-state index in [1.54, 1.807) is 11.3 Å². The first-order chi connectivity index (χ1) is 6.72. The van der Waals surface area contributed by atoms with Crippen LogP contribution in [0, 0.1) is 0 Å². The molecule has 80 valence electrons. The van der Waals surface area contributed by atoms with Crippen LogP contribution in [0.2, 0.25) is 5.02 Å². The Kier molecular flexibility index (Phi) is 5.53. The van der Waals surface area contributed by atoms with Gasteiger partial charge in [-0.25, -0.2) is 0 Å². The molecule has 3 heteroatoms. The second-order valence-corrected chi connectivity index (χ2v) is 5.09. The predicted octanol–water partition coefficient (Wildman–Crippen LogP) is 4.07.